The summed E-state index contributed by atoms with van der Waals surface area (Å²) in [6.45, 7) is 2.46. The Kier molecular flexibility index (Phi) is 3.52. The number of methoxy groups -OCH3 is 2. The second-order valence-corrected chi connectivity index (χ2v) is 5.76. The van der Waals surface area contributed by atoms with Crippen molar-refractivity contribution in [2.24, 2.45) is 21.6 Å². The van der Waals surface area contributed by atoms with Crippen LogP contribution >= 0.6 is 0 Å². The van der Waals surface area contributed by atoms with Crippen LogP contribution in [-0.4, -0.2) is 32.6 Å². The number of nitriles is 2. The van der Waals surface area contributed by atoms with Crippen LogP contribution in [0.25, 0.3) is 0 Å². The predicted molar refractivity (Wildman–Crippen MR) is 84.8 cm³/mol. The lowest BCUT2D eigenvalue weighted by Gasteiger charge is -2.29. The van der Waals surface area contributed by atoms with Gasteiger partial charge in [-0.1, -0.05) is 12.1 Å². The maximum atomic E-state index is 9.93. The molecule has 24 heavy (non-hydrogen) atoms. The van der Waals surface area contributed by atoms with E-state index < -0.39 is 22.7 Å². The molecule has 1 aliphatic carbocycles. The van der Waals surface area contributed by atoms with E-state index in [2.05, 4.69) is 17.1 Å². The first-order chi connectivity index (χ1) is 11.5. The summed E-state index contributed by atoms with van der Waals surface area (Å²) in [6, 6.07) is 11.7. The number of ether oxygens (including phenoxy) is 3. The van der Waals surface area contributed by atoms with E-state index in [4.69, 9.17) is 19.9 Å². The highest BCUT2D eigenvalue weighted by Gasteiger charge is 2.93. The van der Waals surface area contributed by atoms with Crippen LogP contribution in [0.1, 0.15) is 18.4 Å². The molecule has 1 fully saturated rings. The Balaban J connectivity index is 2.12. The summed E-state index contributed by atoms with van der Waals surface area (Å²) in [5.74, 6) is -1.30. The number of hydrogen-bond acceptors (Lipinski definition) is 7. The summed E-state index contributed by atoms with van der Waals surface area (Å²) in [4.78, 5) is 4.18. The molecule has 0 aromatic heterocycles. The molecule has 1 aliphatic heterocycles. The van der Waals surface area contributed by atoms with Gasteiger partial charge in [-0.05, 0) is 24.6 Å². The Hall–Kier alpha value is -2.61. The van der Waals surface area contributed by atoms with E-state index in [1.165, 1.54) is 14.2 Å². The smallest absolute Gasteiger partial charge is 0.292 e. The zero-order valence-electron chi connectivity index (χ0n) is 13.7. The first-order valence-corrected chi connectivity index (χ1v) is 7.55. The second kappa shape index (κ2) is 5.20. The van der Waals surface area contributed by atoms with Crippen molar-refractivity contribution >= 4 is 5.84 Å². The minimum absolute atomic E-state index is 0.0640. The summed E-state index contributed by atoms with van der Waals surface area (Å²) in [7, 11) is 2.78. The lowest BCUT2D eigenvalue weighted by Crippen LogP contribution is -2.41. The molecule has 7 nitrogen and oxygen atoms in total. The van der Waals surface area contributed by atoms with Crippen LogP contribution in [0, 0.1) is 33.5 Å². The van der Waals surface area contributed by atoms with Gasteiger partial charge in [0.05, 0.1) is 18.7 Å². The zero-order chi connectivity index (χ0) is 17.6. The summed E-state index contributed by atoms with van der Waals surface area (Å²) < 4.78 is 16.3. The van der Waals surface area contributed by atoms with Crippen LogP contribution in [-0.2, 0) is 9.47 Å². The third-order valence-electron chi connectivity index (χ3n) is 5.01. The molecule has 0 radical (unpaired) electrons. The van der Waals surface area contributed by atoms with E-state index in [9.17, 15) is 10.5 Å². The Bertz CT molecular complexity index is 773. The average Bonchev–Trinajstić information content (AvgIpc) is 3.18. The molecule has 0 unspecified atom stereocenters. The van der Waals surface area contributed by atoms with Crippen LogP contribution in [0.4, 0.5) is 0 Å². The van der Waals surface area contributed by atoms with Gasteiger partial charge in [0.1, 0.15) is 17.0 Å². The van der Waals surface area contributed by atoms with Gasteiger partial charge in [-0.25, -0.2) is 4.99 Å². The summed E-state index contributed by atoms with van der Waals surface area (Å²) >= 11 is 0. The van der Waals surface area contributed by atoms with Crippen LogP contribution in [0.3, 0.4) is 0 Å². The van der Waals surface area contributed by atoms with Crippen molar-refractivity contribution in [2.75, 3.05) is 20.8 Å². The topological polar surface area (TPSA) is 114 Å². The Morgan fingerprint density at radius 1 is 1.17 bits per heavy atom. The van der Waals surface area contributed by atoms with Crippen molar-refractivity contribution < 1.29 is 14.2 Å². The minimum atomic E-state index is -1.59. The van der Waals surface area contributed by atoms with E-state index >= 15 is 0 Å². The number of rotatable bonds is 5. The van der Waals surface area contributed by atoms with Crippen molar-refractivity contribution in [1.82, 2.24) is 0 Å². The van der Waals surface area contributed by atoms with Crippen molar-refractivity contribution in [3.8, 4) is 17.9 Å². The molecule has 1 saturated carbocycles. The SMILES string of the molecule is CCOc1ccc([C@@H]2[C@]3(C#N)C(N)=NC(OC)(OC)[C@]23C#N)cc1. The van der Waals surface area contributed by atoms with Gasteiger partial charge in [0.15, 0.2) is 5.41 Å². The maximum Gasteiger partial charge on any atom is 0.292 e. The minimum Gasteiger partial charge on any atom is -0.494 e. The third-order valence-corrected chi connectivity index (χ3v) is 5.01. The predicted octanol–water partition coefficient (Wildman–Crippen LogP) is 1.52. The molecule has 3 rings (SSSR count). The third kappa shape index (κ3) is 1.53. The van der Waals surface area contributed by atoms with E-state index in [1.54, 1.807) is 12.1 Å². The molecule has 1 aromatic carbocycles. The van der Waals surface area contributed by atoms with Gasteiger partial charge in [-0.3, -0.25) is 0 Å². The van der Waals surface area contributed by atoms with E-state index in [0.717, 1.165) is 11.3 Å². The Labute approximate surface area is 140 Å². The fourth-order valence-corrected chi connectivity index (χ4v) is 3.94. The van der Waals surface area contributed by atoms with Crippen LogP contribution < -0.4 is 10.5 Å². The van der Waals surface area contributed by atoms with Gasteiger partial charge < -0.3 is 19.9 Å². The first kappa shape index (κ1) is 16.3. The molecular weight excluding hydrogens is 308 g/mol. The van der Waals surface area contributed by atoms with Crippen LogP contribution in [0.2, 0.25) is 0 Å². The standard InChI is InChI=1S/C17H18N4O3/c1-4-24-12-7-5-11(6-8-12)13-15(9-18)14(20)21-17(22-2,23-3)16(13,15)10-19/h5-8,13H,4H2,1-3H3,(H2,20,21)/t13-,15-,16-/m1/s1. The number of benzene rings is 1. The number of nitrogens with zero attached hydrogens (tertiary/aromatic N) is 3. The number of amidine groups is 1. The van der Waals surface area contributed by atoms with E-state index in [0.29, 0.717) is 6.61 Å². The monoisotopic (exact) mass is 326 g/mol. The highest BCUT2D eigenvalue weighted by atomic mass is 16.7. The summed E-state index contributed by atoms with van der Waals surface area (Å²) in [5, 5.41) is 19.8. The van der Waals surface area contributed by atoms with Gasteiger partial charge in [0.25, 0.3) is 5.91 Å². The zero-order valence-corrected chi connectivity index (χ0v) is 13.7. The summed E-state index contributed by atoms with van der Waals surface area (Å²) in [6.07, 6.45) is 0. The van der Waals surface area contributed by atoms with E-state index in [1.807, 2.05) is 19.1 Å². The first-order valence-electron chi connectivity index (χ1n) is 7.55. The molecule has 0 amide bonds. The Morgan fingerprint density at radius 3 is 2.25 bits per heavy atom. The second-order valence-electron chi connectivity index (χ2n) is 5.76. The number of aliphatic imine (C=N–C) groups is 1. The molecule has 7 heteroatoms. The van der Waals surface area contributed by atoms with Gasteiger partial charge >= 0.3 is 0 Å². The molecule has 0 bridgehead atoms. The molecule has 3 atom stereocenters. The highest BCUT2D eigenvalue weighted by Crippen LogP contribution is 2.81. The van der Waals surface area contributed by atoms with Crippen LogP contribution in [0.15, 0.2) is 29.3 Å². The van der Waals surface area contributed by atoms with Gasteiger partial charge in [0, 0.05) is 20.1 Å². The molecule has 2 N–H and O–H groups in total. The van der Waals surface area contributed by atoms with Crippen LogP contribution in [0.5, 0.6) is 5.75 Å². The number of nitrogens with two attached hydrogens (primary N) is 1. The molecule has 0 spiro atoms. The largest absolute Gasteiger partial charge is 0.494 e. The van der Waals surface area contributed by atoms with Gasteiger partial charge in [0.2, 0.25) is 0 Å². The highest BCUT2D eigenvalue weighted by molar-refractivity contribution is 6.00. The Morgan fingerprint density at radius 2 is 1.79 bits per heavy atom. The maximum absolute atomic E-state index is 9.93. The molecule has 1 heterocycles. The van der Waals surface area contributed by atoms with Crippen molar-refractivity contribution in [1.29, 1.82) is 10.5 Å². The van der Waals surface area contributed by atoms with E-state index in [-0.39, 0.29) is 5.84 Å². The molecule has 1 aromatic rings. The normalized spacial score (nSPS) is 32.2. The van der Waals surface area contributed by atoms with Crippen molar-refractivity contribution in [2.45, 2.75) is 18.8 Å². The van der Waals surface area contributed by atoms with Crippen molar-refractivity contribution in [3.05, 3.63) is 29.8 Å². The molecule has 2 aliphatic rings. The van der Waals surface area contributed by atoms with Gasteiger partial charge in [-0.2, -0.15) is 10.5 Å². The van der Waals surface area contributed by atoms with Gasteiger partial charge in [-0.15, -0.1) is 0 Å². The summed E-state index contributed by atoms with van der Waals surface area (Å²) in [5.41, 5.74) is 4.25. The quantitative estimate of drug-likeness (QED) is 0.821. The molecular formula is C17H18N4O3. The fraction of sp³-hybridized carbons (Fsp3) is 0.471. The number of fused-ring (bicyclic) bond motifs is 1. The lowest BCUT2D eigenvalue weighted by molar-refractivity contribution is -0.230. The molecule has 0 saturated heterocycles. The lowest BCUT2D eigenvalue weighted by atomic mass is 9.93. The number of hydrogen-bond donors (Lipinski definition) is 1. The van der Waals surface area contributed by atoms with Crippen molar-refractivity contribution in [3.63, 3.8) is 0 Å². The molecule has 124 valence electrons. The fourth-order valence-electron chi connectivity index (χ4n) is 3.94. The average molecular weight is 326 g/mol.